The van der Waals surface area contributed by atoms with Gasteiger partial charge in [0.15, 0.2) is 0 Å². The molecule has 0 spiro atoms. The van der Waals surface area contributed by atoms with E-state index in [2.05, 4.69) is 16.4 Å². The molecule has 1 aliphatic rings. The first-order valence-electron chi connectivity index (χ1n) is 8.79. The highest BCUT2D eigenvalue weighted by molar-refractivity contribution is 5.97. The third kappa shape index (κ3) is 3.15. The van der Waals surface area contributed by atoms with E-state index in [9.17, 15) is 9.59 Å². The number of amides is 1. The molecule has 2 heterocycles. The highest BCUT2D eigenvalue weighted by Crippen LogP contribution is 2.33. The molecule has 1 fully saturated rings. The molecule has 1 amide bonds. The summed E-state index contributed by atoms with van der Waals surface area (Å²) in [6.07, 6.45) is 0.0346. The number of carbonyl (C=O) groups is 1. The van der Waals surface area contributed by atoms with E-state index < -0.39 is 0 Å². The maximum atomic E-state index is 12.5. The van der Waals surface area contributed by atoms with Gasteiger partial charge in [-0.3, -0.25) is 9.59 Å². The number of benzene rings is 2. The van der Waals surface area contributed by atoms with Crippen LogP contribution in [0.1, 0.15) is 5.56 Å². The molecule has 0 atom stereocenters. The standard InChI is InChI=1S/C21H18N4O2/c22-11-10-17-19(16-8-4-5-9-18(16)24-21(17)27)25-12-14(13-25)20(26)23-15-6-2-1-3-7-15/h1-9,14H,10,12-13H2,(H,23,26)(H,24,27). The molecule has 1 aliphatic heterocycles. The molecule has 3 aromatic rings. The number of pyridine rings is 1. The Kier molecular flexibility index (Phi) is 4.35. The summed E-state index contributed by atoms with van der Waals surface area (Å²) >= 11 is 0. The molecular formula is C21H18N4O2. The Bertz CT molecular complexity index is 1090. The van der Waals surface area contributed by atoms with Crippen LogP contribution in [0.15, 0.2) is 59.4 Å². The molecule has 0 saturated carbocycles. The molecule has 134 valence electrons. The Hall–Kier alpha value is -3.59. The number of H-pyrrole nitrogens is 1. The van der Waals surface area contributed by atoms with Crippen LogP contribution in [0.25, 0.3) is 10.9 Å². The van der Waals surface area contributed by atoms with Gasteiger partial charge in [0.25, 0.3) is 5.56 Å². The van der Waals surface area contributed by atoms with Crippen LogP contribution < -0.4 is 15.8 Å². The van der Waals surface area contributed by atoms with Gasteiger partial charge >= 0.3 is 0 Å². The number of aromatic nitrogens is 1. The number of hydrogen-bond acceptors (Lipinski definition) is 4. The Balaban J connectivity index is 1.59. The number of nitrogens with one attached hydrogen (secondary N) is 2. The number of carbonyl (C=O) groups excluding carboxylic acids is 1. The van der Waals surface area contributed by atoms with E-state index in [1.807, 2.05) is 59.5 Å². The van der Waals surface area contributed by atoms with Crippen molar-refractivity contribution in [1.29, 1.82) is 5.26 Å². The van der Waals surface area contributed by atoms with Crippen LogP contribution in [0.2, 0.25) is 0 Å². The van der Waals surface area contributed by atoms with Gasteiger partial charge in [0.05, 0.1) is 35.2 Å². The SMILES string of the molecule is N#CCc1c(N2CC(C(=O)Nc3ccccc3)C2)c2ccccc2[nH]c1=O. The summed E-state index contributed by atoms with van der Waals surface area (Å²) in [7, 11) is 0. The lowest BCUT2D eigenvalue weighted by Gasteiger charge is -2.41. The Labute approximate surface area is 156 Å². The van der Waals surface area contributed by atoms with Crippen molar-refractivity contribution in [2.75, 3.05) is 23.3 Å². The zero-order valence-corrected chi connectivity index (χ0v) is 14.6. The van der Waals surface area contributed by atoms with Crippen molar-refractivity contribution in [1.82, 2.24) is 4.98 Å². The van der Waals surface area contributed by atoms with E-state index in [1.165, 1.54) is 0 Å². The van der Waals surface area contributed by atoms with Crippen molar-refractivity contribution in [3.63, 3.8) is 0 Å². The lowest BCUT2D eigenvalue weighted by atomic mass is 9.95. The van der Waals surface area contributed by atoms with Crippen LogP contribution >= 0.6 is 0 Å². The highest BCUT2D eigenvalue weighted by atomic mass is 16.2. The number of anilines is 2. The average Bonchev–Trinajstić information content (AvgIpc) is 2.63. The van der Waals surface area contributed by atoms with Crippen molar-refractivity contribution in [2.24, 2.45) is 5.92 Å². The van der Waals surface area contributed by atoms with E-state index in [4.69, 9.17) is 5.26 Å². The van der Waals surface area contributed by atoms with E-state index in [1.54, 1.807) is 0 Å². The minimum Gasteiger partial charge on any atom is -0.369 e. The van der Waals surface area contributed by atoms with Gasteiger partial charge in [-0.05, 0) is 18.2 Å². The number of para-hydroxylation sites is 2. The summed E-state index contributed by atoms with van der Waals surface area (Å²) in [5, 5.41) is 12.9. The maximum Gasteiger partial charge on any atom is 0.254 e. The summed E-state index contributed by atoms with van der Waals surface area (Å²) in [6.45, 7) is 1.04. The van der Waals surface area contributed by atoms with Crippen LogP contribution in [-0.4, -0.2) is 24.0 Å². The van der Waals surface area contributed by atoms with Gasteiger partial charge in [0, 0.05) is 24.2 Å². The largest absolute Gasteiger partial charge is 0.369 e. The molecular weight excluding hydrogens is 340 g/mol. The topological polar surface area (TPSA) is 89.0 Å². The summed E-state index contributed by atoms with van der Waals surface area (Å²) in [5.41, 5.74) is 2.48. The number of aromatic amines is 1. The quantitative estimate of drug-likeness (QED) is 0.750. The molecule has 6 heteroatoms. The monoisotopic (exact) mass is 358 g/mol. The van der Waals surface area contributed by atoms with Crippen molar-refractivity contribution < 1.29 is 4.79 Å². The number of fused-ring (bicyclic) bond motifs is 1. The van der Waals surface area contributed by atoms with Crippen molar-refractivity contribution in [2.45, 2.75) is 6.42 Å². The van der Waals surface area contributed by atoms with E-state index in [0.29, 0.717) is 18.7 Å². The molecule has 2 N–H and O–H groups in total. The first-order valence-corrected chi connectivity index (χ1v) is 8.79. The van der Waals surface area contributed by atoms with Gasteiger partial charge < -0.3 is 15.2 Å². The summed E-state index contributed by atoms with van der Waals surface area (Å²) in [5.74, 6) is -0.188. The minimum absolute atomic E-state index is 0.0339. The molecule has 0 radical (unpaired) electrons. The normalized spacial score (nSPS) is 13.8. The Morgan fingerprint density at radius 3 is 2.59 bits per heavy atom. The van der Waals surface area contributed by atoms with Crippen LogP contribution in [0, 0.1) is 17.2 Å². The molecule has 27 heavy (non-hydrogen) atoms. The molecule has 0 unspecified atom stereocenters. The smallest absolute Gasteiger partial charge is 0.254 e. The number of nitrogens with zero attached hydrogens (tertiary/aromatic N) is 2. The number of hydrogen-bond donors (Lipinski definition) is 2. The maximum absolute atomic E-state index is 12.5. The molecule has 2 aromatic carbocycles. The molecule has 4 rings (SSSR count). The van der Waals surface area contributed by atoms with Gasteiger partial charge in [0.2, 0.25) is 5.91 Å². The fourth-order valence-electron chi connectivity index (χ4n) is 3.46. The first kappa shape index (κ1) is 16.9. The van der Waals surface area contributed by atoms with Gasteiger partial charge in [-0.15, -0.1) is 0 Å². The third-order valence-electron chi connectivity index (χ3n) is 4.86. The summed E-state index contributed by atoms with van der Waals surface area (Å²) in [6, 6.07) is 19.0. The van der Waals surface area contributed by atoms with E-state index in [0.717, 1.165) is 22.3 Å². The van der Waals surface area contributed by atoms with Crippen molar-refractivity contribution >= 4 is 28.2 Å². The second-order valence-electron chi connectivity index (χ2n) is 6.62. The molecule has 0 aliphatic carbocycles. The minimum atomic E-state index is -0.248. The Morgan fingerprint density at radius 2 is 1.85 bits per heavy atom. The van der Waals surface area contributed by atoms with Crippen LogP contribution in [0.3, 0.4) is 0 Å². The zero-order chi connectivity index (χ0) is 18.8. The second-order valence-corrected chi connectivity index (χ2v) is 6.62. The van der Waals surface area contributed by atoms with E-state index >= 15 is 0 Å². The van der Waals surface area contributed by atoms with Crippen LogP contribution in [0.5, 0.6) is 0 Å². The predicted octanol–water partition coefficient (Wildman–Crippen LogP) is 2.67. The fraction of sp³-hybridized carbons (Fsp3) is 0.190. The molecule has 0 bridgehead atoms. The Morgan fingerprint density at radius 1 is 1.15 bits per heavy atom. The van der Waals surface area contributed by atoms with Gasteiger partial charge in [-0.2, -0.15) is 5.26 Å². The second kappa shape index (κ2) is 6.96. The van der Waals surface area contributed by atoms with Crippen molar-refractivity contribution in [3.8, 4) is 6.07 Å². The molecule has 6 nitrogen and oxygen atoms in total. The number of nitriles is 1. The average molecular weight is 358 g/mol. The van der Waals surface area contributed by atoms with Gasteiger partial charge in [0.1, 0.15) is 0 Å². The molecule has 1 saturated heterocycles. The fourth-order valence-corrected chi connectivity index (χ4v) is 3.46. The lowest BCUT2D eigenvalue weighted by Crippen LogP contribution is -2.53. The highest BCUT2D eigenvalue weighted by Gasteiger charge is 2.35. The number of rotatable bonds is 4. The predicted molar refractivity (Wildman–Crippen MR) is 105 cm³/mol. The summed E-state index contributed by atoms with van der Waals surface area (Å²) < 4.78 is 0. The van der Waals surface area contributed by atoms with Crippen LogP contribution in [0.4, 0.5) is 11.4 Å². The molecule has 1 aromatic heterocycles. The zero-order valence-electron chi connectivity index (χ0n) is 14.6. The lowest BCUT2D eigenvalue weighted by molar-refractivity contribution is -0.120. The van der Waals surface area contributed by atoms with Gasteiger partial charge in [-0.25, -0.2) is 0 Å². The van der Waals surface area contributed by atoms with Gasteiger partial charge in [-0.1, -0.05) is 36.4 Å². The third-order valence-corrected chi connectivity index (χ3v) is 4.86. The van der Waals surface area contributed by atoms with Crippen LogP contribution in [-0.2, 0) is 11.2 Å². The van der Waals surface area contributed by atoms with E-state index in [-0.39, 0.29) is 23.8 Å². The summed E-state index contributed by atoms with van der Waals surface area (Å²) in [4.78, 5) is 29.7. The first-order chi connectivity index (χ1) is 13.2. The van der Waals surface area contributed by atoms with Crippen molar-refractivity contribution in [3.05, 3.63) is 70.5 Å².